The maximum absolute atomic E-state index is 12.4. The van der Waals surface area contributed by atoms with Crippen molar-refractivity contribution in [1.29, 1.82) is 0 Å². The lowest BCUT2D eigenvalue weighted by Crippen LogP contribution is -2.58. The topological polar surface area (TPSA) is 35.5 Å². The lowest BCUT2D eigenvalue weighted by atomic mass is 10.1. The number of carbonyl (C=O) groups is 1. The van der Waals surface area contributed by atoms with Crippen molar-refractivity contribution in [3.05, 3.63) is 12.7 Å². The van der Waals surface area contributed by atoms with E-state index in [1.165, 1.54) is 0 Å². The maximum atomic E-state index is 12.4. The second-order valence-electron chi connectivity index (χ2n) is 2.45. The van der Waals surface area contributed by atoms with Crippen LogP contribution in [-0.2, 0) is 14.3 Å². The first kappa shape index (κ1) is 10.0. The van der Waals surface area contributed by atoms with Crippen LogP contribution < -0.4 is 0 Å². The summed E-state index contributed by atoms with van der Waals surface area (Å²) in [5, 5.41) is 0. The van der Waals surface area contributed by atoms with Crippen molar-refractivity contribution in [3.8, 4) is 0 Å². The highest BCUT2D eigenvalue weighted by atomic mass is 19.3. The molecule has 1 saturated heterocycles. The van der Waals surface area contributed by atoms with Crippen molar-refractivity contribution in [2.45, 2.75) is 18.4 Å². The van der Waals surface area contributed by atoms with Crippen molar-refractivity contribution < 1.29 is 27.4 Å². The molecule has 0 aromatic rings. The van der Waals surface area contributed by atoms with Gasteiger partial charge in [-0.1, -0.05) is 6.58 Å². The number of ether oxygens (including phenoxy) is 2. The Bertz CT molecular complexity index is 229. The number of rotatable bonds is 3. The van der Waals surface area contributed by atoms with E-state index in [0.29, 0.717) is 0 Å². The molecule has 0 spiro atoms. The zero-order chi connectivity index (χ0) is 10.1. The Morgan fingerprint density at radius 1 is 1.69 bits per heavy atom. The van der Waals surface area contributed by atoms with Crippen LogP contribution in [0.5, 0.6) is 0 Å². The highest BCUT2D eigenvalue weighted by molar-refractivity contribution is 5.81. The molecule has 6 heteroatoms. The van der Waals surface area contributed by atoms with Crippen LogP contribution in [0.2, 0.25) is 0 Å². The first-order valence-corrected chi connectivity index (χ1v) is 3.46. The van der Waals surface area contributed by atoms with E-state index in [1.54, 1.807) is 0 Å². The summed E-state index contributed by atoms with van der Waals surface area (Å²) in [6.45, 7) is 2.55. The molecule has 3 nitrogen and oxygen atoms in total. The summed E-state index contributed by atoms with van der Waals surface area (Å²) < 4.78 is 44.6. The number of esters is 1. The minimum Gasteiger partial charge on any atom is -0.460 e. The summed E-state index contributed by atoms with van der Waals surface area (Å²) in [7, 11) is 0. The van der Waals surface area contributed by atoms with Crippen molar-refractivity contribution in [1.82, 2.24) is 0 Å². The molecule has 0 aliphatic carbocycles. The number of alkyl halides is 3. The first-order chi connectivity index (χ1) is 5.97. The Hall–Kier alpha value is -1.04. The molecule has 74 valence electrons. The minimum absolute atomic E-state index is 0.526. The second-order valence-corrected chi connectivity index (χ2v) is 2.45. The zero-order valence-corrected chi connectivity index (χ0v) is 6.50. The van der Waals surface area contributed by atoms with E-state index in [4.69, 9.17) is 0 Å². The molecule has 1 rings (SSSR count). The number of hydrogen-bond donors (Lipinski definition) is 0. The van der Waals surface area contributed by atoms with Crippen molar-refractivity contribution in [3.63, 3.8) is 0 Å². The molecular formula is C7H7F3O3. The Morgan fingerprint density at radius 3 is 2.69 bits per heavy atom. The lowest BCUT2D eigenvalue weighted by Gasteiger charge is -2.37. The van der Waals surface area contributed by atoms with Gasteiger partial charge >= 0.3 is 12.1 Å². The van der Waals surface area contributed by atoms with Gasteiger partial charge in [0.25, 0.3) is 0 Å². The predicted octanol–water partition coefficient (Wildman–Crippen LogP) is 1.05. The van der Waals surface area contributed by atoms with Crippen molar-refractivity contribution in [2.24, 2.45) is 0 Å². The van der Waals surface area contributed by atoms with Gasteiger partial charge in [-0.15, -0.1) is 0 Å². The molecule has 0 saturated carbocycles. The van der Waals surface area contributed by atoms with Crippen molar-refractivity contribution >= 4 is 5.97 Å². The van der Waals surface area contributed by atoms with Crippen LogP contribution >= 0.6 is 0 Å². The zero-order valence-electron chi connectivity index (χ0n) is 6.50. The van der Waals surface area contributed by atoms with Gasteiger partial charge in [0.15, 0.2) is 0 Å². The summed E-state index contributed by atoms with van der Waals surface area (Å²) in [5.74, 6) is -0.800. The molecule has 2 atom stereocenters. The molecule has 1 heterocycles. The van der Waals surface area contributed by atoms with E-state index in [1.807, 2.05) is 0 Å². The normalized spacial score (nSPS) is 30.4. The lowest BCUT2D eigenvalue weighted by molar-refractivity contribution is -0.396. The monoisotopic (exact) mass is 196 g/mol. The minimum atomic E-state index is -3.74. The summed E-state index contributed by atoms with van der Waals surface area (Å²) in [6.07, 6.45) is -6.68. The van der Waals surface area contributed by atoms with Crippen LogP contribution in [0.25, 0.3) is 0 Å². The van der Waals surface area contributed by atoms with Gasteiger partial charge < -0.3 is 9.47 Å². The van der Waals surface area contributed by atoms with Gasteiger partial charge in [-0.25, -0.2) is 9.18 Å². The SMILES string of the molecule is C=CC(=O)OCC1OC(F)(F)C1F. The Balaban J connectivity index is 2.27. The van der Waals surface area contributed by atoms with E-state index < -0.39 is 31.0 Å². The van der Waals surface area contributed by atoms with Gasteiger partial charge in [-0.05, 0) is 0 Å². The Kier molecular flexibility index (Phi) is 2.60. The quantitative estimate of drug-likeness (QED) is 0.499. The molecule has 13 heavy (non-hydrogen) atoms. The third-order valence-corrected chi connectivity index (χ3v) is 1.51. The summed E-state index contributed by atoms with van der Waals surface area (Å²) >= 11 is 0. The van der Waals surface area contributed by atoms with Gasteiger partial charge in [0, 0.05) is 6.08 Å². The summed E-state index contributed by atoms with van der Waals surface area (Å²) in [5.41, 5.74) is 0. The number of hydrogen-bond acceptors (Lipinski definition) is 3. The van der Waals surface area contributed by atoms with E-state index in [2.05, 4.69) is 16.1 Å². The summed E-state index contributed by atoms with van der Waals surface area (Å²) in [4.78, 5) is 10.4. The largest absolute Gasteiger partial charge is 0.460 e. The summed E-state index contributed by atoms with van der Waals surface area (Å²) in [6, 6.07) is 0. The average Bonchev–Trinajstić information content (AvgIpc) is 2.11. The van der Waals surface area contributed by atoms with Gasteiger partial charge in [-0.3, -0.25) is 0 Å². The van der Waals surface area contributed by atoms with Gasteiger partial charge in [0.1, 0.15) is 12.7 Å². The van der Waals surface area contributed by atoms with Gasteiger partial charge in [-0.2, -0.15) is 8.78 Å². The fourth-order valence-electron chi connectivity index (χ4n) is 0.812. The molecule has 1 aliphatic rings. The molecule has 0 bridgehead atoms. The van der Waals surface area contributed by atoms with E-state index in [-0.39, 0.29) is 0 Å². The third kappa shape index (κ3) is 2.00. The number of halogens is 3. The molecule has 0 radical (unpaired) electrons. The van der Waals surface area contributed by atoms with E-state index in [0.717, 1.165) is 6.08 Å². The molecular weight excluding hydrogens is 189 g/mol. The first-order valence-electron chi connectivity index (χ1n) is 3.46. The standard InChI is InChI=1S/C7H7F3O3/c1-2-5(11)12-3-4-6(8)7(9,10)13-4/h2,4,6H,1,3H2. The number of carbonyl (C=O) groups excluding carboxylic acids is 1. The molecule has 1 fully saturated rings. The molecule has 0 aromatic heterocycles. The van der Waals surface area contributed by atoms with E-state index in [9.17, 15) is 18.0 Å². The highest BCUT2D eigenvalue weighted by Crippen LogP contribution is 2.38. The fraction of sp³-hybridized carbons (Fsp3) is 0.571. The Morgan fingerprint density at radius 2 is 2.31 bits per heavy atom. The maximum Gasteiger partial charge on any atom is 0.390 e. The molecule has 0 N–H and O–H groups in total. The molecule has 0 amide bonds. The molecule has 0 aromatic carbocycles. The van der Waals surface area contributed by atoms with Crippen LogP contribution in [0.4, 0.5) is 13.2 Å². The van der Waals surface area contributed by atoms with Crippen LogP contribution in [-0.4, -0.2) is 31.0 Å². The fourth-order valence-corrected chi connectivity index (χ4v) is 0.812. The van der Waals surface area contributed by atoms with Crippen LogP contribution in [0, 0.1) is 0 Å². The van der Waals surface area contributed by atoms with Crippen LogP contribution in [0.3, 0.4) is 0 Å². The smallest absolute Gasteiger partial charge is 0.390 e. The van der Waals surface area contributed by atoms with Gasteiger partial charge in [0.2, 0.25) is 6.17 Å². The molecule has 1 aliphatic heterocycles. The highest BCUT2D eigenvalue weighted by Gasteiger charge is 2.59. The Labute approximate surface area is 72.1 Å². The predicted molar refractivity (Wildman–Crippen MR) is 35.9 cm³/mol. The van der Waals surface area contributed by atoms with E-state index >= 15 is 0 Å². The second kappa shape index (κ2) is 3.37. The van der Waals surface area contributed by atoms with Crippen LogP contribution in [0.15, 0.2) is 12.7 Å². The van der Waals surface area contributed by atoms with Crippen LogP contribution in [0.1, 0.15) is 0 Å². The van der Waals surface area contributed by atoms with Crippen molar-refractivity contribution in [2.75, 3.05) is 6.61 Å². The molecule has 2 unspecified atom stereocenters. The third-order valence-electron chi connectivity index (χ3n) is 1.51. The average molecular weight is 196 g/mol. The van der Waals surface area contributed by atoms with Gasteiger partial charge in [0.05, 0.1) is 0 Å².